The normalized spacial score (nSPS) is 15.0. The zero-order valence-corrected chi connectivity index (χ0v) is 29.6. The molecule has 1 aromatic heterocycles. The predicted molar refractivity (Wildman–Crippen MR) is 185 cm³/mol. The number of phenols is 1. The summed E-state index contributed by atoms with van der Waals surface area (Å²) < 4.78 is 79.1. The summed E-state index contributed by atoms with van der Waals surface area (Å²) in [6.45, 7) is 4.81. The number of carbonyl (C=O) groups excluding carboxylic acids is 3. The molecule has 11 nitrogen and oxygen atoms in total. The molecule has 2 aliphatic rings. The van der Waals surface area contributed by atoms with E-state index in [0.29, 0.717) is 44.3 Å². The second-order valence-electron chi connectivity index (χ2n) is 12.6. The standard InChI is InChI=1S/C31H42N4O5S.C4F6O2/c36-25-9-8-23(30-29(25)34-31(38)41-30)12-15-33-17-18-35(24-5-3-1-2-4-6-24)28(37)13-16-32-14-11-22-7-10-26-27(21-22)40-20-19-39-26;5-3(6,7)1(11)2(12)4(8,9)10/h7-10,21,24,32-33,36H,1-6,11-20H2,(H,34,38);. The van der Waals surface area contributed by atoms with Gasteiger partial charge in [-0.1, -0.05) is 49.2 Å². The van der Waals surface area contributed by atoms with Crippen LogP contribution < -0.4 is 25.0 Å². The quantitative estimate of drug-likeness (QED) is 0.0749. The van der Waals surface area contributed by atoms with Crippen molar-refractivity contribution < 1.29 is 55.3 Å². The Morgan fingerprint density at radius 3 is 2.11 bits per heavy atom. The zero-order chi connectivity index (χ0) is 38.6. The molecule has 0 unspecified atom stereocenters. The molecule has 3 aromatic rings. The molecule has 2 heterocycles. The number of halogens is 6. The van der Waals surface area contributed by atoms with Crippen molar-refractivity contribution in [2.45, 2.75) is 76.2 Å². The molecule has 18 heteroatoms. The first kappa shape index (κ1) is 41.6. The molecule has 1 fully saturated rings. The fourth-order valence-corrected chi connectivity index (χ4v) is 6.99. The van der Waals surface area contributed by atoms with E-state index in [9.17, 15) is 50.6 Å². The Labute approximate surface area is 305 Å². The minimum atomic E-state index is -5.77. The maximum atomic E-state index is 13.4. The highest BCUT2D eigenvalue weighted by Crippen LogP contribution is 2.31. The van der Waals surface area contributed by atoms with Crippen molar-refractivity contribution >= 4 is 39.0 Å². The van der Waals surface area contributed by atoms with Gasteiger partial charge in [0.2, 0.25) is 5.91 Å². The van der Waals surface area contributed by atoms with Crippen LogP contribution in [0.2, 0.25) is 0 Å². The lowest BCUT2D eigenvalue weighted by molar-refractivity contribution is -0.193. The molecule has 5 rings (SSSR count). The van der Waals surface area contributed by atoms with Crippen molar-refractivity contribution in [2.75, 3.05) is 45.9 Å². The molecule has 0 spiro atoms. The first-order valence-corrected chi connectivity index (χ1v) is 18.1. The van der Waals surface area contributed by atoms with Crippen molar-refractivity contribution in [2.24, 2.45) is 0 Å². The molecule has 0 radical (unpaired) electrons. The largest absolute Gasteiger partial charge is 0.506 e. The first-order valence-electron chi connectivity index (χ1n) is 17.3. The number of amides is 1. The number of hydrogen-bond donors (Lipinski definition) is 4. The average molecular weight is 777 g/mol. The Morgan fingerprint density at radius 2 is 1.45 bits per heavy atom. The number of aromatic amines is 1. The van der Waals surface area contributed by atoms with Crippen LogP contribution >= 0.6 is 11.3 Å². The van der Waals surface area contributed by atoms with Crippen LogP contribution in [0.25, 0.3) is 10.2 Å². The van der Waals surface area contributed by atoms with Crippen LogP contribution in [0.3, 0.4) is 0 Å². The minimum Gasteiger partial charge on any atom is -0.506 e. The first-order chi connectivity index (χ1) is 25.1. The van der Waals surface area contributed by atoms with Gasteiger partial charge in [0.05, 0.1) is 4.70 Å². The van der Waals surface area contributed by atoms with Crippen LogP contribution in [-0.2, 0) is 27.2 Å². The molecular formula is C35H42F6N4O7S. The Bertz CT molecular complexity index is 1730. The van der Waals surface area contributed by atoms with Gasteiger partial charge in [-0.2, -0.15) is 26.3 Å². The minimum absolute atomic E-state index is 0.102. The molecule has 2 aromatic carbocycles. The molecule has 1 amide bonds. The number of Topliss-reactive ketones (excluding diaryl/α,β-unsaturated/α-hetero) is 2. The van der Waals surface area contributed by atoms with E-state index in [1.165, 1.54) is 31.2 Å². The van der Waals surface area contributed by atoms with Crippen molar-refractivity contribution in [1.29, 1.82) is 0 Å². The van der Waals surface area contributed by atoms with Crippen LogP contribution in [-0.4, -0.2) is 96.8 Å². The molecule has 292 valence electrons. The van der Waals surface area contributed by atoms with Gasteiger partial charge in [-0.3, -0.25) is 19.2 Å². The fraction of sp³-hybridized carbons (Fsp3) is 0.543. The number of rotatable bonds is 14. The highest BCUT2D eigenvalue weighted by Gasteiger charge is 2.54. The summed E-state index contributed by atoms with van der Waals surface area (Å²) in [5.74, 6) is -4.86. The molecule has 4 N–H and O–H groups in total. The Balaban J connectivity index is 0.000000450. The van der Waals surface area contributed by atoms with Crippen molar-refractivity contribution in [3.63, 3.8) is 0 Å². The van der Waals surface area contributed by atoms with Gasteiger partial charge >= 0.3 is 28.8 Å². The highest BCUT2D eigenvalue weighted by molar-refractivity contribution is 7.16. The summed E-state index contributed by atoms with van der Waals surface area (Å²) in [4.78, 5) is 49.1. The van der Waals surface area contributed by atoms with Crippen molar-refractivity contribution in [3.05, 3.63) is 51.1 Å². The number of H-pyrrole nitrogens is 1. The summed E-state index contributed by atoms with van der Waals surface area (Å²) >= 11 is 1.13. The number of aromatic nitrogens is 1. The summed E-state index contributed by atoms with van der Waals surface area (Å²) in [7, 11) is 0. The van der Waals surface area contributed by atoms with E-state index in [0.717, 1.165) is 78.4 Å². The number of nitrogens with zero attached hydrogens (tertiary/aromatic N) is 1. The third-order valence-electron chi connectivity index (χ3n) is 8.76. The number of alkyl halides is 6. The fourth-order valence-electron chi connectivity index (χ4n) is 6.10. The second-order valence-corrected chi connectivity index (χ2v) is 13.6. The van der Waals surface area contributed by atoms with Crippen molar-refractivity contribution in [1.82, 2.24) is 20.5 Å². The average Bonchev–Trinajstić information content (AvgIpc) is 3.32. The van der Waals surface area contributed by atoms with Gasteiger partial charge in [-0.05, 0) is 68.1 Å². The van der Waals surface area contributed by atoms with Crippen LogP contribution in [0.15, 0.2) is 35.1 Å². The lowest BCUT2D eigenvalue weighted by atomic mass is 10.1. The molecule has 53 heavy (non-hydrogen) atoms. The number of fused-ring (bicyclic) bond motifs is 2. The van der Waals surface area contributed by atoms with E-state index in [2.05, 4.69) is 26.6 Å². The van der Waals surface area contributed by atoms with Gasteiger partial charge < -0.3 is 35.1 Å². The van der Waals surface area contributed by atoms with Gasteiger partial charge in [0.15, 0.2) is 11.5 Å². The molecule has 0 bridgehead atoms. The number of hydrogen-bond acceptors (Lipinski definition) is 10. The number of thiazole rings is 1. The van der Waals surface area contributed by atoms with Crippen LogP contribution in [0, 0.1) is 0 Å². The molecule has 0 atom stereocenters. The number of benzene rings is 2. The Morgan fingerprint density at radius 1 is 0.830 bits per heavy atom. The van der Waals surface area contributed by atoms with Gasteiger partial charge in [0.25, 0.3) is 0 Å². The highest BCUT2D eigenvalue weighted by atomic mass is 32.1. The molecule has 1 aliphatic heterocycles. The third kappa shape index (κ3) is 12.5. The summed E-state index contributed by atoms with van der Waals surface area (Å²) in [6.07, 6.45) is -2.38. The lowest BCUT2D eigenvalue weighted by Gasteiger charge is -2.32. The maximum absolute atomic E-state index is 13.4. The van der Waals surface area contributed by atoms with Crippen molar-refractivity contribution in [3.8, 4) is 17.2 Å². The van der Waals surface area contributed by atoms with E-state index in [-0.39, 0.29) is 16.5 Å². The van der Waals surface area contributed by atoms with Gasteiger partial charge in [-0.15, -0.1) is 0 Å². The summed E-state index contributed by atoms with van der Waals surface area (Å²) in [5, 5.41) is 17.0. The van der Waals surface area contributed by atoms with Gasteiger partial charge in [0.1, 0.15) is 24.5 Å². The second kappa shape index (κ2) is 19.3. The lowest BCUT2D eigenvalue weighted by Crippen LogP contribution is -2.45. The smallest absolute Gasteiger partial charge is 0.458 e. The monoisotopic (exact) mass is 776 g/mol. The van der Waals surface area contributed by atoms with E-state index in [4.69, 9.17) is 9.47 Å². The zero-order valence-electron chi connectivity index (χ0n) is 28.8. The Hall–Kier alpha value is -4.16. The Kier molecular flexibility index (Phi) is 15.1. The van der Waals surface area contributed by atoms with Gasteiger partial charge in [-0.25, -0.2) is 0 Å². The summed E-state index contributed by atoms with van der Waals surface area (Å²) in [5.41, 5.74) is 2.74. The van der Waals surface area contributed by atoms with Crippen LogP contribution in [0.4, 0.5) is 26.3 Å². The topological polar surface area (TPSA) is 150 Å². The van der Waals surface area contributed by atoms with E-state index in [1.807, 2.05) is 18.2 Å². The SMILES string of the molecule is O=C(C(=O)C(F)(F)F)C(F)(F)F.O=C(CCNCCc1ccc2c(c1)OCCO2)N(CCNCCc1ccc(O)c2[nH]c(=O)sc12)C1CCCCCC1. The van der Waals surface area contributed by atoms with Crippen LogP contribution in [0.1, 0.15) is 56.1 Å². The van der Waals surface area contributed by atoms with E-state index in [1.54, 1.807) is 6.07 Å². The number of carbonyl (C=O) groups is 3. The van der Waals surface area contributed by atoms with Crippen LogP contribution in [0.5, 0.6) is 17.2 Å². The number of ketones is 2. The number of ether oxygens (including phenoxy) is 2. The number of nitrogens with one attached hydrogen (secondary N) is 3. The summed E-state index contributed by atoms with van der Waals surface area (Å²) in [6, 6.07) is 9.93. The van der Waals surface area contributed by atoms with E-state index >= 15 is 0 Å². The van der Waals surface area contributed by atoms with E-state index < -0.39 is 23.9 Å². The molecule has 1 aliphatic carbocycles. The molecule has 1 saturated carbocycles. The molecular weight excluding hydrogens is 734 g/mol. The maximum Gasteiger partial charge on any atom is 0.458 e. The predicted octanol–water partition coefficient (Wildman–Crippen LogP) is 5.22. The van der Waals surface area contributed by atoms with Gasteiger partial charge in [0, 0.05) is 32.1 Å². The number of phenolic OH excluding ortho intramolecular Hbond substituents is 1. The third-order valence-corrected chi connectivity index (χ3v) is 9.72. The number of aromatic hydroxyl groups is 1. The molecule has 0 saturated heterocycles.